The van der Waals surface area contributed by atoms with Crippen LogP contribution in [-0.4, -0.2) is 101 Å². The SMILES string of the molecule is NC(=O)C(CC1CCCCC1)NC(=O)C1CN(C(=O)c2cccnc2)CCN1C(=O)N1CCOCC1. The molecule has 0 aromatic carbocycles. The first kappa shape index (κ1) is 25.9. The van der Waals surface area contributed by atoms with Gasteiger partial charge >= 0.3 is 6.03 Å². The summed E-state index contributed by atoms with van der Waals surface area (Å²) in [6, 6.07) is 1.32. The highest BCUT2D eigenvalue weighted by Gasteiger charge is 2.40. The van der Waals surface area contributed by atoms with Crippen LogP contribution >= 0.6 is 0 Å². The normalized spacial score (nSPS) is 22.1. The smallest absolute Gasteiger partial charge is 0.320 e. The Kier molecular flexibility index (Phi) is 8.74. The summed E-state index contributed by atoms with van der Waals surface area (Å²) in [5, 5.41) is 2.82. The number of nitrogens with one attached hydrogen (secondary N) is 1. The lowest BCUT2D eigenvalue weighted by molar-refractivity contribution is -0.132. The minimum atomic E-state index is -0.942. The van der Waals surface area contributed by atoms with Crippen LogP contribution in [0.2, 0.25) is 0 Å². The first-order chi connectivity index (χ1) is 17.4. The van der Waals surface area contributed by atoms with Crippen LogP contribution in [0.15, 0.2) is 24.5 Å². The van der Waals surface area contributed by atoms with Gasteiger partial charge in [-0.05, 0) is 24.5 Å². The van der Waals surface area contributed by atoms with Crippen molar-refractivity contribution in [2.24, 2.45) is 11.7 Å². The second-order valence-electron chi connectivity index (χ2n) is 9.79. The molecule has 2 aliphatic heterocycles. The van der Waals surface area contributed by atoms with E-state index >= 15 is 0 Å². The minimum Gasteiger partial charge on any atom is -0.378 e. The number of ether oxygens (including phenoxy) is 1. The topological polar surface area (TPSA) is 138 Å². The average molecular weight is 501 g/mol. The summed E-state index contributed by atoms with van der Waals surface area (Å²) >= 11 is 0. The van der Waals surface area contributed by atoms with E-state index in [4.69, 9.17) is 10.5 Å². The van der Waals surface area contributed by atoms with Crippen LogP contribution in [0.1, 0.15) is 48.9 Å². The molecule has 1 aromatic heterocycles. The molecule has 11 nitrogen and oxygen atoms in total. The van der Waals surface area contributed by atoms with Crippen molar-refractivity contribution in [3.05, 3.63) is 30.1 Å². The summed E-state index contributed by atoms with van der Waals surface area (Å²) in [7, 11) is 0. The van der Waals surface area contributed by atoms with Gasteiger partial charge in [0, 0.05) is 38.6 Å². The third kappa shape index (κ3) is 6.31. The van der Waals surface area contributed by atoms with E-state index in [0.29, 0.717) is 44.2 Å². The summed E-state index contributed by atoms with van der Waals surface area (Å²) < 4.78 is 5.36. The number of pyridine rings is 1. The summed E-state index contributed by atoms with van der Waals surface area (Å²) in [6.45, 7) is 2.26. The molecule has 3 fully saturated rings. The number of carbonyl (C=O) groups excluding carboxylic acids is 4. The van der Waals surface area contributed by atoms with Crippen LogP contribution < -0.4 is 11.1 Å². The Balaban J connectivity index is 1.50. The lowest BCUT2D eigenvalue weighted by atomic mass is 9.84. The highest BCUT2D eigenvalue weighted by atomic mass is 16.5. The molecule has 4 rings (SSSR count). The molecule has 1 saturated carbocycles. The molecule has 1 aromatic rings. The highest BCUT2D eigenvalue weighted by Crippen LogP contribution is 2.27. The summed E-state index contributed by atoms with van der Waals surface area (Å²) in [4.78, 5) is 61.0. The standard InChI is InChI=1S/C25H36N6O5/c26-22(32)20(15-18-5-2-1-3-6-18)28-23(33)21-17-30(24(34)19-7-4-8-27-16-19)9-10-31(21)25(35)29-11-13-36-14-12-29/h4,7-8,16,18,20-21H,1-3,5-6,9-15,17H2,(H2,26,32)(H,28,33). The van der Waals surface area contributed by atoms with E-state index in [1.165, 1.54) is 17.5 Å². The number of nitrogens with two attached hydrogens (primary N) is 1. The fraction of sp³-hybridized carbons (Fsp3) is 0.640. The van der Waals surface area contributed by atoms with Gasteiger partial charge in [-0.1, -0.05) is 32.1 Å². The van der Waals surface area contributed by atoms with Crippen molar-refractivity contribution < 1.29 is 23.9 Å². The van der Waals surface area contributed by atoms with Crippen LogP contribution in [0.5, 0.6) is 0 Å². The van der Waals surface area contributed by atoms with Crippen LogP contribution in [0.4, 0.5) is 4.79 Å². The monoisotopic (exact) mass is 500 g/mol. The van der Waals surface area contributed by atoms with E-state index in [2.05, 4.69) is 10.3 Å². The molecule has 36 heavy (non-hydrogen) atoms. The Hall–Kier alpha value is -3.21. The Labute approximate surface area is 211 Å². The molecule has 196 valence electrons. The third-order valence-corrected chi connectivity index (χ3v) is 7.36. The lowest BCUT2D eigenvalue weighted by Crippen LogP contribution is -2.65. The first-order valence-corrected chi connectivity index (χ1v) is 12.9. The van der Waals surface area contributed by atoms with Crippen molar-refractivity contribution in [1.82, 2.24) is 25.0 Å². The molecule has 3 N–H and O–H groups in total. The number of nitrogens with zero attached hydrogens (tertiary/aromatic N) is 4. The van der Waals surface area contributed by atoms with E-state index in [1.54, 1.807) is 28.1 Å². The van der Waals surface area contributed by atoms with Crippen molar-refractivity contribution in [3.8, 4) is 0 Å². The van der Waals surface area contributed by atoms with Gasteiger partial charge in [0.05, 0.1) is 25.3 Å². The van der Waals surface area contributed by atoms with Crippen molar-refractivity contribution in [2.45, 2.75) is 50.6 Å². The van der Waals surface area contributed by atoms with Crippen molar-refractivity contribution in [2.75, 3.05) is 45.9 Å². The number of amides is 5. The quantitative estimate of drug-likeness (QED) is 0.587. The molecular formula is C25H36N6O5. The zero-order valence-electron chi connectivity index (χ0n) is 20.6. The number of aromatic nitrogens is 1. The van der Waals surface area contributed by atoms with Crippen LogP contribution in [-0.2, 0) is 14.3 Å². The maximum absolute atomic E-state index is 13.6. The molecule has 3 heterocycles. The van der Waals surface area contributed by atoms with Gasteiger partial charge < -0.3 is 30.5 Å². The van der Waals surface area contributed by atoms with Gasteiger partial charge in [0.2, 0.25) is 11.8 Å². The average Bonchev–Trinajstić information content (AvgIpc) is 2.93. The van der Waals surface area contributed by atoms with Crippen LogP contribution in [0.25, 0.3) is 0 Å². The fourth-order valence-electron chi connectivity index (χ4n) is 5.30. The van der Waals surface area contributed by atoms with Gasteiger partial charge in [-0.2, -0.15) is 0 Å². The predicted molar refractivity (Wildman–Crippen MR) is 131 cm³/mol. The number of hydrogen-bond acceptors (Lipinski definition) is 6. The Morgan fingerprint density at radius 2 is 1.81 bits per heavy atom. The summed E-state index contributed by atoms with van der Waals surface area (Å²) in [5.74, 6) is -0.982. The summed E-state index contributed by atoms with van der Waals surface area (Å²) in [5.41, 5.74) is 6.08. The molecule has 0 bridgehead atoms. The van der Waals surface area contributed by atoms with Gasteiger partial charge in [0.25, 0.3) is 5.91 Å². The molecule has 5 amide bonds. The fourth-order valence-corrected chi connectivity index (χ4v) is 5.30. The maximum Gasteiger partial charge on any atom is 0.320 e. The number of rotatable bonds is 6. The Morgan fingerprint density at radius 3 is 2.47 bits per heavy atom. The number of primary amides is 1. The largest absolute Gasteiger partial charge is 0.378 e. The van der Waals surface area contributed by atoms with E-state index < -0.39 is 23.9 Å². The number of morpholine rings is 1. The molecule has 1 aliphatic carbocycles. The van der Waals surface area contributed by atoms with Gasteiger partial charge in [-0.3, -0.25) is 19.4 Å². The minimum absolute atomic E-state index is 0.0184. The molecule has 3 aliphatic rings. The molecule has 2 unspecified atom stereocenters. The zero-order chi connectivity index (χ0) is 25.5. The molecule has 2 saturated heterocycles. The lowest BCUT2D eigenvalue weighted by Gasteiger charge is -2.43. The second kappa shape index (κ2) is 12.2. The molecule has 2 atom stereocenters. The maximum atomic E-state index is 13.6. The predicted octanol–water partition coefficient (Wildman–Crippen LogP) is 0.601. The van der Waals surface area contributed by atoms with E-state index in [0.717, 1.165) is 25.7 Å². The second-order valence-corrected chi connectivity index (χ2v) is 9.79. The summed E-state index contributed by atoms with van der Waals surface area (Å²) in [6.07, 6.45) is 8.99. The highest BCUT2D eigenvalue weighted by molar-refractivity contribution is 5.96. The molecule has 11 heteroatoms. The van der Waals surface area contributed by atoms with Gasteiger partial charge in [0.15, 0.2) is 0 Å². The molecule has 0 radical (unpaired) electrons. The number of hydrogen-bond donors (Lipinski definition) is 2. The zero-order valence-corrected chi connectivity index (χ0v) is 20.6. The van der Waals surface area contributed by atoms with E-state index in [1.807, 2.05) is 0 Å². The van der Waals surface area contributed by atoms with Gasteiger partial charge in [-0.15, -0.1) is 0 Å². The number of urea groups is 1. The van der Waals surface area contributed by atoms with Crippen molar-refractivity contribution in [1.29, 1.82) is 0 Å². The van der Waals surface area contributed by atoms with E-state index in [9.17, 15) is 19.2 Å². The number of carbonyl (C=O) groups is 4. The third-order valence-electron chi connectivity index (χ3n) is 7.36. The Bertz CT molecular complexity index is 932. The first-order valence-electron chi connectivity index (χ1n) is 12.9. The Morgan fingerprint density at radius 1 is 1.06 bits per heavy atom. The molecule has 0 spiro atoms. The van der Waals surface area contributed by atoms with Crippen molar-refractivity contribution in [3.63, 3.8) is 0 Å². The van der Waals surface area contributed by atoms with Crippen molar-refractivity contribution >= 4 is 23.8 Å². The number of piperazine rings is 1. The van der Waals surface area contributed by atoms with Gasteiger partial charge in [0.1, 0.15) is 12.1 Å². The van der Waals surface area contributed by atoms with Gasteiger partial charge in [-0.25, -0.2) is 4.79 Å². The van der Waals surface area contributed by atoms with Crippen LogP contribution in [0, 0.1) is 5.92 Å². The molecular weight excluding hydrogens is 464 g/mol. The van der Waals surface area contributed by atoms with E-state index in [-0.39, 0.29) is 31.6 Å². The van der Waals surface area contributed by atoms with Crippen LogP contribution in [0.3, 0.4) is 0 Å².